The monoisotopic (exact) mass is 207 g/mol. The van der Waals surface area contributed by atoms with Gasteiger partial charge in [-0.15, -0.1) is 0 Å². The molecule has 0 spiro atoms. The van der Waals surface area contributed by atoms with Crippen LogP contribution in [0.25, 0.3) is 0 Å². The molecule has 6 N–H and O–H groups in total. The van der Waals surface area contributed by atoms with Gasteiger partial charge in [0, 0.05) is 5.56 Å². The van der Waals surface area contributed by atoms with Gasteiger partial charge in [-0.2, -0.15) is 0 Å². The van der Waals surface area contributed by atoms with Gasteiger partial charge in [-0.25, -0.2) is 0 Å². The van der Waals surface area contributed by atoms with E-state index in [9.17, 15) is 4.79 Å². The summed E-state index contributed by atoms with van der Waals surface area (Å²) in [7, 11) is 0. The van der Waals surface area contributed by atoms with Crippen molar-refractivity contribution in [2.45, 2.75) is 12.5 Å². The van der Waals surface area contributed by atoms with Crippen LogP contribution in [0, 0.1) is 5.41 Å². The lowest BCUT2D eigenvalue weighted by Gasteiger charge is -2.06. The third kappa shape index (κ3) is 3.07. The molecule has 1 aromatic rings. The highest BCUT2D eigenvalue weighted by atomic mass is 16.4. The predicted octanol–water partition coefficient (Wildman–Crippen LogP) is -0.0749. The quantitative estimate of drug-likeness (QED) is 0.408. The molecule has 0 amide bonds. The Labute approximate surface area is 87.2 Å². The van der Waals surface area contributed by atoms with Crippen molar-refractivity contribution in [1.29, 1.82) is 5.41 Å². The molecule has 0 unspecified atom stereocenters. The molecule has 0 aliphatic heterocycles. The summed E-state index contributed by atoms with van der Waals surface area (Å²) in [6.45, 7) is 0. The molecule has 1 aromatic carbocycles. The van der Waals surface area contributed by atoms with Gasteiger partial charge in [0.1, 0.15) is 11.9 Å². The molecule has 0 bridgehead atoms. The second kappa shape index (κ2) is 4.56. The van der Waals surface area contributed by atoms with Crippen molar-refractivity contribution in [3.05, 3.63) is 35.4 Å². The number of hydrogen-bond acceptors (Lipinski definition) is 3. The highest BCUT2D eigenvalue weighted by Crippen LogP contribution is 2.06. The van der Waals surface area contributed by atoms with E-state index in [0.717, 1.165) is 5.56 Å². The zero-order valence-corrected chi connectivity index (χ0v) is 8.10. The van der Waals surface area contributed by atoms with Crippen LogP contribution < -0.4 is 11.5 Å². The molecule has 1 rings (SSSR count). The van der Waals surface area contributed by atoms with Crippen LogP contribution in [0.5, 0.6) is 0 Å². The highest BCUT2D eigenvalue weighted by Gasteiger charge is 2.11. The number of nitrogen functional groups attached to an aromatic ring is 1. The first-order chi connectivity index (χ1) is 7.00. The number of aliphatic carboxylic acids is 1. The van der Waals surface area contributed by atoms with E-state index in [2.05, 4.69) is 0 Å². The van der Waals surface area contributed by atoms with E-state index >= 15 is 0 Å². The summed E-state index contributed by atoms with van der Waals surface area (Å²) in [5.41, 5.74) is 12.1. The number of nitrogens with two attached hydrogens (primary N) is 2. The number of carboxylic acid groups (broad SMARTS) is 1. The maximum Gasteiger partial charge on any atom is 0.320 e. The van der Waals surface area contributed by atoms with Crippen LogP contribution >= 0.6 is 0 Å². The molecule has 0 aliphatic carbocycles. The highest BCUT2D eigenvalue weighted by molar-refractivity contribution is 5.94. The van der Waals surface area contributed by atoms with Crippen LogP contribution in [0.15, 0.2) is 24.3 Å². The van der Waals surface area contributed by atoms with Crippen molar-refractivity contribution < 1.29 is 9.90 Å². The topological polar surface area (TPSA) is 113 Å². The number of benzene rings is 1. The minimum Gasteiger partial charge on any atom is -0.480 e. The minimum absolute atomic E-state index is 0.0101. The SMILES string of the molecule is N=C(N)c1ccc(C[C@H](N)C(=O)O)cc1. The van der Waals surface area contributed by atoms with Crippen LogP contribution in [-0.4, -0.2) is 23.0 Å². The third-order valence-electron chi connectivity index (χ3n) is 2.04. The lowest BCUT2D eigenvalue weighted by molar-refractivity contribution is -0.138. The fourth-order valence-electron chi connectivity index (χ4n) is 1.16. The van der Waals surface area contributed by atoms with E-state index in [4.69, 9.17) is 22.0 Å². The Morgan fingerprint density at radius 2 is 1.93 bits per heavy atom. The van der Waals surface area contributed by atoms with Crippen molar-refractivity contribution in [1.82, 2.24) is 0 Å². The fraction of sp³-hybridized carbons (Fsp3) is 0.200. The van der Waals surface area contributed by atoms with Gasteiger partial charge in [0.2, 0.25) is 0 Å². The van der Waals surface area contributed by atoms with E-state index in [1.807, 2.05) is 0 Å². The molecule has 80 valence electrons. The van der Waals surface area contributed by atoms with Gasteiger partial charge in [0.05, 0.1) is 0 Å². The Morgan fingerprint density at radius 1 is 1.40 bits per heavy atom. The minimum atomic E-state index is -1.02. The van der Waals surface area contributed by atoms with Crippen LogP contribution in [0.1, 0.15) is 11.1 Å². The van der Waals surface area contributed by atoms with Gasteiger partial charge >= 0.3 is 5.97 Å². The Kier molecular flexibility index (Phi) is 3.41. The standard InChI is InChI=1S/C10H13N3O2/c11-8(10(14)15)5-6-1-3-7(4-2-6)9(12)13/h1-4,8H,5,11H2,(H3,12,13)(H,14,15)/t8-/m0/s1. The lowest BCUT2D eigenvalue weighted by atomic mass is 10.0. The number of carbonyl (C=O) groups is 1. The summed E-state index contributed by atoms with van der Waals surface area (Å²) in [6.07, 6.45) is 0.271. The van der Waals surface area contributed by atoms with E-state index in [-0.39, 0.29) is 12.3 Å². The molecule has 15 heavy (non-hydrogen) atoms. The lowest BCUT2D eigenvalue weighted by Crippen LogP contribution is -2.32. The molecule has 5 heteroatoms. The van der Waals surface area contributed by atoms with Gasteiger partial charge in [0.25, 0.3) is 0 Å². The van der Waals surface area contributed by atoms with Crippen molar-refractivity contribution in [2.75, 3.05) is 0 Å². The molecule has 1 atom stereocenters. The summed E-state index contributed by atoms with van der Waals surface area (Å²) in [5.74, 6) is -1.03. The Balaban J connectivity index is 2.72. The van der Waals surface area contributed by atoms with Crippen molar-refractivity contribution in [2.24, 2.45) is 11.5 Å². The molecule has 0 aliphatic rings. The second-order valence-electron chi connectivity index (χ2n) is 3.26. The molecule has 0 saturated carbocycles. The van der Waals surface area contributed by atoms with E-state index in [1.54, 1.807) is 24.3 Å². The summed E-state index contributed by atoms with van der Waals surface area (Å²) in [6, 6.07) is 5.89. The Morgan fingerprint density at radius 3 is 2.33 bits per heavy atom. The van der Waals surface area contributed by atoms with Gasteiger partial charge in [-0.1, -0.05) is 24.3 Å². The molecular weight excluding hydrogens is 194 g/mol. The van der Waals surface area contributed by atoms with Crippen LogP contribution in [0.3, 0.4) is 0 Å². The zero-order chi connectivity index (χ0) is 11.4. The smallest absolute Gasteiger partial charge is 0.320 e. The molecule has 0 aromatic heterocycles. The average Bonchev–Trinajstić information content (AvgIpc) is 2.18. The molecule has 0 saturated heterocycles. The van der Waals surface area contributed by atoms with Crippen LogP contribution in [0.4, 0.5) is 0 Å². The Bertz CT molecular complexity index is 373. The van der Waals surface area contributed by atoms with Gasteiger partial charge in [-0.3, -0.25) is 10.2 Å². The maximum absolute atomic E-state index is 10.5. The van der Waals surface area contributed by atoms with Crippen LogP contribution in [0.2, 0.25) is 0 Å². The Hall–Kier alpha value is -1.88. The number of nitrogens with one attached hydrogen (secondary N) is 1. The normalized spacial score (nSPS) is 12.1. The maximum atomic E-state index is 10.5. The number of rotatable bonds is 4. The first kappa shape index (κ1) is 11.2. The van der Waals surface area contributed by atoms with Crippen LogP contribution in [-0.2, 0) is 11.2 Å². The molecule has 0 fully saturated rings. The number of hydrogen-bond donors (Lipinski definition) is 4. The summed E-state index contributed by atoms with van der Waals surface area (Å²) in [4.78, 5) is 10.5. The third-order valence-corrected chi connectivity index (χ3v) is 2.04. The predicted molar refractivity (Wildman–Crippen MR) is 56.8 cm³/mol. The molecule has 0 radical (unpaired) electrons. The fourth-order valence-corrected chi connectivity index (χ4v) is 1.16. The number of amidine groups is 1. The molecule has 5 nitrogen and oxygen atoms in total. The van der Waals surface area contributed by atoms with E-state index in [1.165, 1.54) is 0 Å². The summed E-state index contributed by atoms with van der Waals surface area (Å²) >= 11 is 0. The molecular formula is C10H13N3O2. The first-order valence-corrected chi connectivity index (χ1v) is 4.42. The van der Waals surface area contributed by atoms with E-state index < -0.39 is 12.0 Å². The first-order valence-electron chi connectivity index (χ1n) is 4.42. The summed E-state index contributed by atoms with van der Waals surface area (Å²) in [5, 5.41) is 15.8. The largest absolute Gasteiger partial charge is 0.480 e. The molecule has 0 heterocycles. The second-order valence-corrected chi connectivity index (χ2v) is 3.26. The zero-order valence-electron chi connectivity index (χ0n) is 8.10. The van der Waals surface area contributed by atoms with Gasteiger partial charge in [-0.05, 0) is 12.0 Å². The number of carboxylic acids is 1. The van der Waals surface area contributed by atoms with Crippen molar-refractivity contribution in [3.63, 3.8) is 0 Å². The van der Waals surface area contributed by atoms with Crippen molar-refractivity contribution in [3.8, 4) is 0 Å². The average molecular weight is 207 g/mol. The summed E-state index contributed by atoms with van der Waals surface area (Å²) < 4.78 is 0. The van der Waals surface area contributed by atoms with Crippen molar-refractivity contribution >= 4 is 11.8 Å². The van der Waals surface area contributed by atoms with E-state index in [0.29, 0.717) is 5.56 Å². The van der Waals surface area contributed by atoms with Gasteiger partial charge in [0.15, 0.2) is 0 Å². The van der Waals surface area contributed by atoms with Gasteiger partial charge < -0.3 is 16.6 Å².